The van der Waals surface area contributed by atoms with Crippen LogP contribution in [0.1, 0.15) is 15.9 Å². The third kappa shape index (κ3) is 2.18. The van der Waals surface area contributed by atoms with Crippen LogP contribution < -0.4 is 0 Å². The molecule has 2 aromatic rings. The van der Waals surface area contributed by atoms with E-state index in [4.69, 9.17) is 4.74 Å². The van der Waals surface area contributed by atoms with Gasteiger partial charge in [-0.1, -0.05) is 24.3 Å². The van der Waals surface area contributed by atoms with Crippen molar-refractivity contribution in [2.24, 2.45) is 0 Å². The maximum absolute atomic E-state index is 11.7. The number of aromatic nitrogens is 1. The highest BCUT2D eigenvalue weighted by atomic mass is 16.5. The maximum atomic E-state index is 11.7. The van der Waals surface area contributed by atoms with Gasteiger partial charge < -0.3 is 4.74 Å². The number of carbonyl (C=O) groups excluding carboxylic acids is 1. The van der Waals surface area contributed by atoms with E-state index < -0.39 is 0 Å². The Morgan fingerprint density at radius 3 is 2.65 bits per heavy atom. The molecule has 0 saturated carbocycles. The number of pyridine rings is 1. The van der Waals surface area contributed by atoms with Crippen LogP contribution in [0.15, 0.2) is 42.7 Å². The summed E-state index contributed by atoms with van der Waals surface area (Å²) in [5.41, 5.74) is 3.45. The first-order valence-corrected chi connectivity index (χ1v) is 5.32. The van der Waals surface area contributed by atoms with Crippen molar-refractivity contribution in [2.75, 3.05) is 7.11 Å². The highest BCUT2D eigenvalue weighted by molar-refractivity contribution is 5.97. The normalized spacial score (nSPS) is 10.0. The molecule has 0 aliphatic rings. The summed E-state index contributed by atoms with van der Waals surface area (Å²) in [5.74, 6) is -0.342. The monoisotopic (exact) mass is 227 g/mol. The number of methoxy groups -OCH3 is 1. The molecule has 17 heavy (non-hydrogen) atoms. The summed E-state index contributed by atoms with van der Waals surface area (Å²) < 4.78 is 4.77. The first-order valence-electron chi connectivity index (χ1n) is 5.32. The number of hydrogen-bond donors (Lipinski definition) is 0. The summed E-state index contributed by atoms with van der Waals surface area (Å²) in [4.78, 5) is 15.7. The van der Waals surface area contributed by atoms with Crippen LogP contribution in [-0.4, -0.2) is 18.1 Å². The lowest BCUT2D eigenvalue weighted by Crippen LogP contribution is -2.04. The zero-order valence-corrected chi connectivity index (χ0v) is 9.81. The second-order valence-electron chi connectivity index (χ2n) is 3.73. The zero-order valence-electron chi connectivity index (χ0n) is 9.81. The van der Waals surface area contributed by atoms with Gasteiger partial charge in [0.1, 0.15) is 0 Å². The molecule has 0 saturated heterocycles. The van der Waals surface area contributed by atoms with E-state index in [0.29, 0.717) is 5.56 Å². The van der Waals surface area contributed by atoms with E-state index in [9.17, 15) is 4.79 Å². The minimum Gasteiger partial charge on any atom is -0.465 e. The van der Waals surface area contributed by atoms with Gasteiger partial charge in [0.2, 0.25) is 0 Å². The van der Waals surface area contributed by atoms with Crippen LogP contribution in [0.5, 0.6) is 0 Å². The molecule has 1 heterocycles. The molecule has 0 atom stereocenters. The van der Waals surface area contributed by atoms with E-state index in [1.165, 1.54) is 7.11 Å². The minimum atomic E-state index is -0.342. The Bertz CT molecular complexity index is 549. The first kappa shape index (κ1) is 11.3. The van der Waals surface area contributed by atoms with Gasteiger partial charge in [0.15, 0.2) is 0 Å². The molecule has 0 N–H and O–H groups in total. The summed E-state index contributed by atoms with van der Waals surface area (Å²) in [7, 11) is 1.38. The standard InChI is InChI=1S/C14H13NO2/c1-10-5-3-4-6-11(10)13-9-15-8-7-12(13)14(16)17-2/h3-9H,1-2H3. The Morgan fingerprint density at radius 1 is 1.18 bits per heavy atom. The van der Waals surface area contributed by atoms with Gasteiger partial charge in [-0.05, 0) is 24.1 Å². The lowest BCUT2D eigenvalue weighted by molar-refractivity contribution is 0.0601. The fourth-order valence-corrected chi connectivity index (χ4v) is 1.77. The van der Waals surface area contributed by atoms with Crippen LogP contribution in [0.2, 0.25) is 0 Å². The Balaban J connectivity index is 2.60. The van der Waals surface area contributed by atoms with Gasteiger partial charge in [0, 0.05) is 18.0 Å². The van der Waals surface area contributed by atoms with Crippen LogP contribution in [-0.2, 0) is 4.74 Å². The summed E-state index contributed by atoms with van der Waals surface area (Å²) in [6, 6.07) is 9.55. The summed E-state index contributed by atoms with van der Waals surface area (Å²) in [6.45, 7) is 2.00. The largest absolute Gasteiger partial charge is 0.465 e. The topological polar surface area (TPSA) is 39.2 Å². The second-order valence-corrected chi connectivity index (χ2v) is 3.73. The number of hydrogen-bond acceptors (Lipinski definition) is 3. The zero-order chi connectivity index (χ0) is 12.3. The summed E-state index contributed by atoms with van der Waals surface area (Å²) >= 11 is 0. The van der Waals surface area contributed by atoms with Crippen LogP contribution in [0.3, 0.4) is 0 Å². The van der Waals surface area contributed by atoms with Gasteiger partial charge in [-0.2, -0.15) is 0 Å². The van der Waals surface area contributed by atoms with Gasteiger partial charge in [-0.25, -0.2) is 4.79 Å². The Hall–Kier alpha value is -2.16. The number of esters is 1. The number of ether oxygens (including phenoxy) is 1. The van der Waals surface area contributed by atoms with Gasteiger partial charge in [-0.15, -0.1) is 0 Å². The van der Waals surface area contributed by atoms with Gasteiger partial charge >= 0.3 is 5.97 Å². The third-order valence-electron chi connectivity index (χ3n) is 2.66. The molecule has 0 fully saturated rings. The van der Waals surface area contributed by atoms with Crippen molar-refractivity contribution in [3.05, 3.63) is 53.9 Å². The van der Waals surface area contributed by atoms with Crippen LogP contribution in [0.25, 0.3) is 11.1 Å². The first-order chi connectivity index (χ1) is 8.24. The number of rotatable bonds is 2. The van der Waals surface area contributed by atoms with Crippen molar-refractivity contribution >= 4 is 5.97 Å². The Morgan fingerprint density at radius 2 is 1.94 bits per heavy atom. The molecule has 0 unspecified atom stereocenters. The molecular formula is C14H13NO2. The number of benzene rings is 1. The van der Waals surface area contributed by atoms with Crippen molar-refractivity contribution in [2.45, 2.75) is 6.92 Å². The molecule has 0 bridgehead atoms. The smallest absolute Gasteiger partial charge is 0.338 e. The van der Waals surface area contributed by atoms with E-state index in [2.05, 4.69) is 4.98 Å². The fourth-order valence-electron chi connectivity index (χ4n) is 1.77. The average Bonchev–Trinajstić information content (AvgIpc) is 2.38. The fraction of sp³-hybridized carbons (Fsp3) is 0.143. The second kappa shape index (κ2) is 4.78. The van der Waals surface area contributed by atoms with Crippen LogP contribution in [0.4, 0.5) is 0 Å². The quantitative estimate of drug-likeness (QED) is 0.740. The molecular weight excluding hydrogens is 214 g/mol. The predicted molar refractivity (Wildman–Crippen MR) is 65.7 cm³/mol. The highest BCUT2D eigenvalue weighted by Crippen LogP contribution is 2.26. The highest BCUT2D eigenvalue weighted by Gasteiger charge is 2.13. The molecule has 1 aromatic carbocycles. The van der Waals surface area contributed by atoms with Crippen molar-refractivity contribution in [3.8, 4) is 11.1 Å². The van der Waals surface area contributed by atoms with E-state index in [1.54, 1.807) is 18.5 Å². The van der Waals surface area contributed by atoms with E-state index in [-0.39, 0.29) is 5.97 Å². The Labute approximate surface area is 100 Å². The molecule has 2 rings (SSSR count). The lowest BCUT2D eigenvalue weighted by Gasteiger charge is -2.09. The van der Waals surface area contributed by atoms with E-state index in [0.717, 1.165) is 16.7 Å². The van der Waals surface area contributed by atoms with Gasteiger partial charge in [0.25, 0.3) is 0 Å². The molecule has 3 heteroatoms. The van der Waals surface area contributed by atoms with Gasteiger partial charge in [0.05, 0.1) is 12.7 Å². The maximum Gasteiger partial charge on any atom is 0.338 e. The molecule has 1 aromatic heterocycles. The molecule has 86 valence electrons. The SMILES string of the molecule is COC(=O)c1ccncc1-c1ccccc1C. The molecule has 0 spiro atoms. The summed E-state index contributed by atoms with van der Waals surface area (Å²) in [5, 5.41) is 0. The van der Waals surface area contributed by atoms with Crippen molar-refractivity contribution in [1.82, 2.24) is 4.98 Å². The van der Waals surface area contributed by atoms with Crippen molar-refractivity contribution in [3.63, 3.8) is 0 Å². The van der Waals surface area contributed by atoms with Crippen molar-refractivity contribution < 1.29 is 9.53 Å². The third-order valence-corrected chi connectivity index (χ3v) is 2.66. The Kier molecular flexibility index (Phi) is 3.19. The van der Waals surface area contributed by atoms with Crippen LogP contribution >= 0.6 is 0 Å². The van der Waals surface area contributed by atoms with Crippen LogP contribution in [0, 0.1) is 6.92 Å². The summed E-state index contributed by atoms with van der Waals surface area (Å²) in [6.07, 6.45) is 3.28. The van der Waals surface area contributed by atoms with E-state index >= 15 is 0 Å². The predicted octanol–water partition coefficient (Wildman–Crippen LogP) is 2.84. The molecule has 3 nitrogen and oxygen atoms in total. The number of nitrogens with zero attached hydrogens (tertiary/aromatic N) is 1. The van der Waals surface area contributed by atoms with Gasteiger partial charge in [-0.3, -0.25) is 4.98 Å². The molecule has 0 amide bonds. The molecule has 0 radical (unpaired) electrons. The number of carbonyl (C=O) groups is 1. The van der Waals surface area contributed by atoms with Crippen molar-refractivity contribution in [1.29, 1.82) is 0 Å². The van der Waals surface area contributed by atoms with E-state index in [1.807, 2.05) is 31.2 Å². The minimum absolute atomic E-state index is 0.342. The average molecular weight is 227 g/mol. The number of aryl methyl sites for hydroxylation is 1. The molecule has 0 aliphatic carbocycles. The lowest BCUT2D eigenvalue weighted by atomic mass is 9.98. The molecule has 0 aliphatic heterocycles.